The molecule has 8 heteroatoms. The Hall–Kier alpha value is -3.19. The van der Waals surface area contributed by atoms with Gasteiger partial charge in [0.1, 0.15) is 17.1 Å². The molecular weight excluding hydrogens is 336 g/mol. The molecule has 0 aliphatic rings. The lowest BCUT2D eigenvalue weighted by Gasteiger charge is -2.10. The van der Waals surface area contributed by atoms with Gasteiger partial charge in [0.25, 0.3) is 5.91 Å². The van der Waals surface area contributed by atoms with E-state index >= 15 is 0 Å². The molecule has 0 aliphatic carbocycles. The Labute approximate surface area is 140 Å². The highest BCUT2D eigenvalue weighted by Crippen LogP contribution is 2.28. The first-order chi connectivity index (χ1) is 11.5. The molecule has 0 spiro atoms. The number of anilines is 1. The van der Waals surface area contributed by atoms with E-state index in [-0.39, 0.29) is 16.7 Å². The van der Waals surface area contributed by atoms with Crippen LogP contribution in [0.25, 0.3) is 11.0 Å². The van der Waals surface area contributed by atoms with Crippen LogP contribution in [-0.2, 0) is 0 Å². The molecule has 3 rings (SSSR count). The highest BCUT2D eigenvalue weighted by Gasteiger charge is 2.21. The number of carbonyl (C=O) groups excluding carboxylic acids is 1. The van der Waals surface area contributed by atoms with Crippen LogP contribution in [0.15, 0.2) is 51.7 Å². The van der Waals surface area contributed by atoms with E-state index in [9.17, 15) is 19.8 Å². The van der Waals surface area contributed by atoms with E-state index in [0.29, 0.717) is 10.7 Å². The van der Waals surface area contributed by atoms with Crippen molar-refractivity contribution in [2.75, 3.05) is 5.43 Å². The lowest BCUT2D eigenvalue weighted by molar-refractivity contribution is 0.0956. The first kappa shape index (κ1) is 15.7. The third-order valence-electron chi connectivity index (χ3n) is 3.26. The van der Waals surface area contributed by atoms with Crippen molar-refractivity contribution in [3.05, 3.63) is 63.5 Å². The minimum Gasteiger partial charge on any atom is -0.508 e. The molecule has 1 amide bonds. The normalized spacial score (nSPS) is 10.5. The molecule has 3 aromatic rings. The van der Waals surface area contributed by atoms with Gasteiger partial charge in [0.2, 0.25) is 0 Å². The molecule has 7 nitrogen and oxygen atoms in total. The summed E-state index contributed by atoms with van der Waals surface area (Å²) in [6.07, 6.45) is 0. The van der Waals surface area contributed by atoms with Crippen molar-refractivity contribution in [2.24, 2.45) is 0 Å². The molecule has 122 valence electrons. The fourth-order valence-electron chi connectivity index (χ4n) is 2.10. The Balaban J connectivity index is 1.90. The molecule has 1 aromatic heterocycles. The average molecular weight is 347 g/mol. The largest absolute Gasteiger partial charge is 0.508 e. The van der Waals surface area contributed by atoms with Crippen LogP contribution >= 0.6 is 11.6 Å². The Morgan fingerprint density at radius 2 is 1.79 bits per heavy atom. The third kappa shape index (κ3) is 2.97. The molecule has 0 aliphatic heterocycles. The van der Waals surface area contributed by atoms with Crippen molar-refractivity contribution in [2.45, 2.75) is 0 Å². The van der Waals surface area contributed by atoms with Crippen LogP contribution in [0.1, 0.15) is 10.4 Å². The van der Waals surface area contributed by atoms with E-state index in [1.807, 2.05) is 0 Å². The zero-order valence-corrected chi connectivity index (χ0v) is 12.8. The van der Waals surface area contributed by atoms with Crippen molar-refractivity contribution in [3.63, 3.8) is 0 Å². The highest BCUT2D eigenvalue weighted by atomic mass is 35.5. The monoisotopic (exact) mass is 346 g/mol. The molecule has 0 saturated heterocycles. The molecule has 0 bridgehead atoms. The Kier molecular flexibility index (Phi) is 4.01. The summed E-state index contributed by atoms with van der Waals surface area (Å²) >= 11 is 5.76. The number of amides is 1. The zero-order chi connectivity index (χ0) is 17.3. The van der Waals surface area contributed by atoms with E-state index in [2.05, 4.69) is 10.9 Å². The SMILES string of the molecule is O=C(NNc1ccc(Cl)cc1)c1c(O)c2ccc(O)cc2oc1=O. The van der Waals surface area contributed by atoms with Gasteiger partial charge in [-0.15, -0.1) is 0 Å². The maximum Gasteiger partial charge on any atom is 0.353 e. The summed E-state index contributed by atoms with van der Waals surface area (Å²) < 4.78 is 4.96. The number of fused-ring (bicyclic) bond motifs is 1. The highest BCUT2D eigenvalue weighted by molar-refractivity contribution is 6.30. The maximum atomic E-state index is 12.2. The topological polar surface area (TPSA) is 112 Å². The number of hydrazine groups is 1. The van der Waals surface area contributed by atoms with Crippen LogP contribution < -0.4 is 16.5 Å². The van der Waals surface area contributed by atoms with Gasteiger partial charge in [-0.25, -0.2) is 4.79 Å². The maximum absolute atomic E-state index is 12.2. The summed E-state index contributed by atoms with van der Waals surface area (Å²) in [4.78, 5) is 24.1. The van der Waals surface area contributed by atoms with Gasteiger partial charge >= 0.3 is 5.63 Å². The van der Waals surface area contributed by atoms with Gasteiger partial charge in [-0.3, -0.25) is 15.6 Å². The van der Waals surface area contributed by atoms with Crippen molar-refractivity contribution >= 4 is 34.2 Å². The number of benzene rings is 2. The number of phenols is 1. The van der Waals surface area contributed by atoms with Crippen LogP contribution in [0.5, 0.6) is 11.5 Å². The smallest absolute Gasteiger partial charge is 0.353 e. The van der Waals surface area contributed by atoms with Gasteiger partial charge in [0.15, 0.2) is 5.56 Å². The predicted molar refractivity (Wildman–Crippen MR) is 88.4 cm³/mol. The summed E-state index contributed by atoms with van der Waals surface area (Å²) in [5.74, 6) is -1.53. The first-order valence-electron chi connectivity index (χ1n) is 6.76. The average Bonchev–Trinajstić information content (AvgIpc) is 2.54. The van der Waals surface area contributed by atoms with Crippen molar-refractivity contribution in [3.8, 4) is 11.5 Å². The van der Waals surface area contributed by atoms with Crippen LogP contribution in [0.2, 0.25) is 5.02 Å². The number of carbonyl (C=O) groups is 1. The second-order valence-electron chi connectivity index (χ2n) is 4.88. The molecular formula is C16H11ClN2O5. The van der Waals surface area contributed by atoms with Crippen molar-refractivity contribution < 1.29 is 19.4 Å². The van der Waals surface area contributed by atoms with E-state index in [0.717, 1.165) is 0 Å². The molecule has 0 saturated carbocycles. The number of phenolic OH excluding ortho intramolecular Hbond substituents is 1. The lowest BCUT2D eigenvalue weighted by atomic mass is 10.1. The lowest BCUT2D eigenvalue weighted by Crippen LogP contribution is -2.32. The molecule has 0 fully saturated rings. The van der Waals surface area contributed by atoms with Crippen molar-refractivity contribution in [1.82, 2.24) is 5.43 Å². The molecule has 0 unspecified atom stereocenters. The Morgan fingerprint density at radius 3 is 2.50 bits per heavy atom. The number of halogens is 1. The summed E-state index contributed by atoms with van der Waals surface area (Å²) in [7, 11) is 0. The summed E-state index contributed by atoms with van der Waals surface area (Å²) in [6, 6.07) is 10.3. The van der Waals surface area contributed by atoms with Crippen LogP contribution in [-0.4, -0.2) is 16.1 Å². The number of hydrogen-bond acceptors (Lipinski definition) is 6. The molecule has 0 radical (unpaired) electrons. The van der Waals surface area contributed by atoms with Crippen LogP contribution in [0.3, 0.4) is 0 Å². The van der Waals surface area contributed by atoms with Gasteiger partial charge in [-0.1, -0.05) is 11.6 Å². The minimum absolute atomic E-state index is 0.0280. The quantitative estimate of drug-likeness (QED) is 0.428. The summed E-state index contributed by atoms with van der Waals surface area (Å²) in [5.41, 5.74) is 3.81. The standard InChI is InChI=1S/C16H11ClN2O5/c17-8-1-3-9(4-2-8)18-19-15(22)13-14(21)11-6-5-10(20)7-12(11)24-16(13)23/h1-7,18,20-21H,(H,19,22). The number of aromatic hydroxyl groups is 2. The summed E-state index contributed by atoms with van der Waals surface area (Å²) in [6.45, 7) is 0. The molecule has 24 heavy (non-hydrogen) atoms. The fourth-order valence-corrected chi connectivity index (χ4v) is 2.22. The second kappa shape index (κ2) is 6.13. The molecule has 2 aromatic carbocycles. The van der Waals surface area contributed by atoms with Crippen LogP contribution in [0.4, 0.5) is 5.69 Å². The second-order valence-corrected chi connectivity index (χ2v) is 5.32. The van der Waals surface area contributed by atoms with Crippen molar-refractivity contribution in [1.29, 1.82) is 0 Å². The van der Waals surface area contributed by atoms with Gasteiger partial charge in [-0.05, 0) is 36.4 Å². The minimum atomic E-state index is -1.03. The van der Waals surface area contributed by atoms with E-state index in [1.54, 1.807) is 24.3 Å². The van der Waals surface area contributed by atoms with Gasteiger partial charge < -0.3 is 14.6 Å². The van der Waals surface area contributed by atoms with E-state index in [1.165, 1.54) is 18.2 Å². The van der Waals surface area contributed by atoms with Crippen LogP contribution in [0, 0.1) is 0 Å². The zero-order valence-electron chi connectivity index (χ0n) is 12.0. The number of nitrogens with one attached hydrogen (secondary N) is 2. The Morgan fingerprint density at radius 1 is 1.08 bits per heavy atom. The summed E-state index contributed by atoms with van der Waals surface area (Å²) in [5, 5.41) is 20.2. The third-order valence-corrected chi connectivity index (χ3v) is 3.51. The van der Waals surface area contributed by atoms with Gasteiger partial charge in [0, 0.05) is 11.1 Å². The fraction of sp³-hybridized carbons (Fsp3) is 0. The number of hydrogen-bond donors (Lipinski definition) is 4. The van der Waals surface area contributed by atoms with Gasteiger partial charge in [0.05, 0.1) is 11.1 Å². The predicted octanol–water partition coefficient (Wildman–Crippen LogP) is 2.61. The molecule has 0 atom stereocenters. The molecule has 1 heterocycles. The number of rotatable bonds is 3. The van der Waals surface area contributed by atoms with Gasteiger partial charge in [-0.2, -0.15) is 0 Å². The van der Waals surface area contributed by atoms with E-state index in [4.69, 9.17) is 16.0 Å². The van der Waals surface area contributed by atoms with E-state index < -0.39 is 22.8 Å². The molecule has 4 N–H and O–H groups in total. The first-order valence-corrected chi connectivity index (χ1v) is 7.14. The Bertz CT molecular complexity index is 982.